The summed E-state index contributed by atoms with van der Waals surface area (Å²) in [6, 6.07) is 24.8. The fraction of sp³-hybridized carbons (Fsp3) is 0.0435. The number of hydrazone groups is 1. The number of nitrogens with one attached hydrogen (secondary N) is 1. The molecular formula is C23H19N5O. The first-order valence-corrected chi connectivity index (χ1v) is 9.19. The van der Waals surface area contributed by atoms with Gasteiger partial charge in [0.15, 0.2) is 0 Å². The summed E-state index contributed by atoms with van der Waals surface area (Å²) < 4.78 is 1.70. The van der Waals surface area contributed by atoms with E-state index in [1.54, 1.807) is 24.0 Å². The molecule has 0 bridgehead atoms. The number of benzene rings is 2. The predicted octanol–water partition coefficient (Wildman–Crippen LogP) is 4.09. The van der Waals surface area contributed by atoms with E-state index in [0.717, 1.165) is 11.3 Å². The van der Waals surface area contributed by atoms with Crippen molar-refractivity contribution in [1.29, 1.82) is 0 Å². The monoisotopic (exact) mass is 381 g/mol. The summed E-state index contributed by atoms with van der Waals surface area (Å²) in [5, 5.41) is 8.86. The zero-order valence-electron chi connectivity index (χ0n) is 15.9. The van der Waals surface area contributed by atoms with E-state index in [1.807, 2.05) is 78.9 Å². The molecule has 4 aromatic rings. The quantitative estimate of drug-likeness (QED) is 0.418. The Morgan fingerprint density at radius 1 is 0.931 bits per heavy atom. The van der Waals surface area contributed by atoms with Gasteiger partial charge in [-0.1, -0.05) is 54.6 Å². The molecule has 2 heterocycles. The summed E-state index contributed by atoms with van der Waals surface area (Å²) >= 11 is 0. The summed E-state index contributed by atoms with van der Waals surface area (Å²) in [4.78, 5) is 17.2. The van der Waals surface area contributed by atoms with Crippen molar-refractivity contribution in [2.45, 2.75) is 6.92 Å². The Kier molecular flexibility index (Phi) is 5.25. The van der Waals surface area contributed by atoms with Gasteiger partial charge in [0.25, 0.3) is 5.91 Å². The molecule has 1 N–H and O–H groups in total. The van der Waals surface area contributed by atoms with Crippen molar-refractivity contribution < 1.29 is 4.79 Å². The van der Waals surface area contributed by atoms with Crippen LogP contribution in [0.4, 0.5) is 0 Å². The summed E-state index contributed by atoms with van der Waals surface area (Å²) in [7, 11) is 0. The lowest BCUT2D eigenvalue weighted by Crippen LogP contribution is -2.20. The van der Waals surface area contributed by atoms with Crippen molar-refractivity contribution in [3.05, 3.63) is 103 Å². The number of hydrogen-bond acceptors (Lipinski definition) is 4. The number of para-hydroxylation sites is 1. The molecule has 0 spiro atoms. The maximum Gasteiger partial charge on any atom is 0.275 e. The molecule has 142 valence electrons. The first-order valence-electron chi connectivity index (χ1n) is 9.19. The number of rotatable bonds is 5. The molecule has 0 saturated carbocycles. The Bertz CT molecular complexity index is 1140. The maximum absolute atomic E-state index is 12.9. The van der Waals surface area contributed by atoms with Gasteiger partial charge in [-0.15, -0.1) is 0 Å². The summed E-state index contributed by atoms with van der Waals surface area (Å²) in [6.07, 6.45) is 3.41. The molecule has 29 heavy (non-hydrogen) atoms. The highest BCUT2D eigenvalue weighted by molar-refractivity contribution is 6.02. The average molecular weight is 381 g/mol. The molecule has 4 rings (SSSR count). The summed E-state index contributed by atoms with van der Waals surface area (Å²) in [5.41, 5.74) is 6.72. The second kappa shape index (κ2) is 8.31. The number of hydrogen-bond donors (Lipinski definition) is 1. The van der Waals surface area contributed by atoms with Crippen molar-refractivity contribution in [1.82, 2.24) is 20.2 Å². The lowest BCUT2D eigenvalue weighted by Gasteiger charge is -2.03. The van der Waals surface area contributed by atoms with Gasteiger partial charge in [0.1, 0.15) is 5.69 Å². The molecule has 0 fully saturated rings. The number of amides is 1. The molecule has 0 unspecified atom stereocenters. The predicted molar refractivity (Wildman–Crippen MR) is 113 cm³/mol. The van der Waals surface area contributed by atoms with Crippen LogP contribution in [0.25, 0.3) is 16.9 Å². The Morgan fingerprint density at radius 2 is 1.62 bits per heavy atom. The smallest absolute Gasteiger partial charge is 0.267 e. The molecule has 6 nitrogen and oxygen atoms in total. The van der Waals surface area contributed by atoms with Gasteiger partial charge in [-0.25, -0.2) is 10.1 Å². The van der Waals surface area contributed by atoms with Crippen LogP contribution < -0.4 is 5.43 Å². The third-order valence-corrected chi connectivity index (χ3v) is 4.39. The van der Waals surface area contributed by atoms with Crippen LogP contribution in [0.5, 0.6) is 0 Å². The minimum atomic E-state index is -0.332. The standard InChI is InChI=1S/C23H19N5O/c1-17(21-14-8-9-15-24-21)25-26-23(29)20-16-28(19-12-6-3-7-13-19)27-22(20)18-10-4-2-5-11-18/h2-16H,1H3,(H,26,29)/b25-17+. The number of carbonyl (C=O) groups excluding carboxylic acids is 1. The van der Waals surface area contributed by atoms with Crippen LogP contribution in [0.15, 0.2) is 96.4 Å². The van der Waals surface area contributed by atoms with Gasteiger partial charge in [0.2, 0.25) is 0 Å². The summed E-state index contributed by atoms with van der Waals surface area (Å²) in [5.74, 6) is -0.332. The molecule has 0 atom stereocenters. The second-order valence-electron chi connectivity index (χ2n) is 6.39. The van der Waals surface area contributed by atoms with Crippen molar-refractivity contribution in [2.24, 2.45) is 5.10 Å². The molecule has 6 heteroatoms. The summed E-state index contributed by atoms with van der Waals surface area (Å²) in [6.45, 7) is 1.80. The molecule has 2 aromatic carbocycles. The van der Waals surface area contributed by atoms with Gasteiger partial charge < -0.3 is 0 Å². The Balaban J connectivity index is 1.68. The lowest BCUT2D eigenvalue weighted by molar-refractivity contribution is 0.0955. The van der Waals surface area contributed by atoms with Gasteiger partial charge in [0.05, 0.1) is 22.7 Å². The van der Waals surface area contributed by atoms with Crippen molar-refractivity contribution >= 4 is 11.6 Å². The Labute approximate surface area is 168 Å². The first kappa shape index (κ1) is 18.3. The highest BCUT2D eigenvalue weighted by atomic mass is 16.2. The van der Waals surface area contributed by atoms with Gasteiger partial charge in [-0.3, -0.25) is 9.78 Å². The van der Waals surface area contributed by atoms with Gasteiger partial charge in [-0.05, 0) is 31.2 Å². The molecular weight excluding hydrogens is 362 g/mol. The van der Waals surface area contributed by atoms with Crippen LogP contribution >= 0.6 is 0 Å². The van der Waals surface area contributed by atoms with Crippen LogP contribution in [0.3, 0.4) is 0 Å². The molecule has 0 aliphatic heterocycles. The number of nitrogens with zero attached hydrogens (tertiary/aromatic N) is 4. The van der Waals surface area contributed by atoms with E-state index in [4.69, 9.17) is 0 Å². The Hall–Kier alpha value is -4.06. The zero-order chi connectivity index (χ0) is 20.1. The molecule has 0 radical (unpaired) electrons. The second-order valence-corrected chi connectivity index (χ2v) is 6.39. The normalized spacial score (nSPS) is 11.3. The van der Waals surface area contributed by atoms with Crippen LogP contribution in [-0.2, 0) is 0 Å². The van der Waals surface area contributed by atoms with Crippen LogP contribution in [-0.4, -0.2) is 26.4 Å². The third kappa shape index (κ3) is 4.11. The van der Waals surface area contributed by atoms with Crippen LogP contribution in [0.2, 0.25) is 0 Å². The molecule has 0 saturated heterocycles. The molecule has 0 aliphatic rings. The van der Waals surface area contributed by atoms with Crippen molar-refractivity contribution in [2.75, 3.05) is 0 Å². The molecule has 2 aromatic heterocycles. The third-order valence-electron chi connectivity index (χ3n) is 4.39. The van der Waals surface area contributed by atoms with Crippen LogP contribution in [0, 0.1) is 0 Å². The lowest BCUT2D eigenvalue weighted by atomic mass is 10.1. The van der Waals surface area contributed by atoms with Crippen LogP contribution in [0.1, 0.15) is 23.0 Å². The van der Waals surface area contributed by atoms with Crippen molar-refractivity contribution in [3.8, 4) is 16.9 Å². The first-order chi connectivity index (χ1) is 14.2. The SMILES string of the molecule is C/C(=N\NC(=O)c1cn(-c2ccccc2)nc1-c1ccccc1)c1ccccn1. The topological polar surface area (TPSA) is 72.2 Å². The van der Waals surface area contributed by atoms with E-state index in [1.165, 1.54) is 0 Å². The average Bonchev–Trinajstić information content (AvgIpc) is 3.25. The van der Waals surface area contributed by atoms with E-state index >= 15 is 0 Å². The maximum atomic E-state index is 12.9. The zero-order valence-corrected chi connectivity index (χ0v) is 15.9. The fourth-order valence-electron chi connectivity index (χ4n) is 2.89. The van der Waals surface area contributed by atoms with Gasteiger partial charge >= 0.3 is 0 Å². The molecule has 1 amide bonds. The van der Waals surface area contributed by atoms with E-state index < -0.39 is 0 Å². The number of carbonyl (C=O) groups is 1. The minimum absolute atomic E-state index is 0.332. The van der Waals surface area contributed by atoms with Crippen molar-refractivity contribution in [3.63, 3.8) is 0 Å². The van der Waals surface area contributed by atoms with Gasteiger partial charge in [-0.2, -0.15) is 10.2 Å². The largest absolute Gasteiger partial charge is 0.275 e. The van der Waals surface area contributed by atoms with E-state index in [-0.39, 0.29) is 5.91 Å². The van der Waals surface area contributed by atoms with E-state index in [2.05, 4.69) is 20.6 Å². The fourth-order valence-corrected chi connectivity index (χ4v) is 2.89. The highest BCUT2D eigenvalue weighted by Gasteiger charge is 2.18. The Morgan fingerprint density at radius 3 is 2.31 bits per heavy atom. The van der Waals surface area contributed by atoms with E-state index in [0.29, 0.717) is 22.7 Å². The number of pyridine rings is 1. The van der Waals surface area contributed by atoms with E-state index in [9.17, 15) is 4.79 Å². The number of aromatic nitrogens is 3. The van der Waals surface area contributed by atoms with Gasteiger partial charge in [0, 0.05) is 18.0 Å². The highest BCUT2D eigenvalue weighted by Crippen LogP contribution is 2.23. The molecule has 0 aliphatic carbocycles. The minimum Gasteiger partial charge on any atom is -0.267 e.